The van der Waals surface area contributed by atoms with Gasteiger partial charge < -0.3 is 10.2 Å². The van der Waals surface area contributed by atoms with Crippen molar-refractivity contribution < 1.29 is 9.18 Å². The molecule has 0 spiro atoms. The summed E-state index contributed by atoms with van der Waals surface area (Å²) in [4.78, 5) is 18.6. The van der Waals surface area contributed by atoms with E-state index in [9.17, 15) is 9.18 Å². The molecule has 3 aromatic rings. The molecule has 0 radical (unpaired) electrons. The number of rotatable bonds is 6. The van der Waals surface area contributed by atoms with Gasteiger partial charge in [0.05, 0.1) is 5.52 Å². The zero-order valence-corrected chi connectivity index (χ0v) is 15.0. The van der Waals surface area contributed by atoms with E-state index in [1.165, 1.54) is 6.07 Å². The van der Waals surface area contributed by atoms with Gasteiger partial charge in [0.2, 0.25) is 0 Å². The number of pyridine rings is 1. The lowest BCUT2D eigenvalue weighted by Crippen LogP contribution is -2.27. The quantitative estimate of drug-likeness (QED) is 0.689. The Morgan fingerprint density at radius 1 is 1.12 bits per heavy atom. The molecule has 1 heterocycles. The highest BCUT2D eigenvalue weighted by molar-refractivity contribution is 5.94. The zero-order valence-electron chi connectivity index (χ0n) is 15.0. The molecule has 26 heavy (non-hydrogen) atoms. The Balaban J connectivity index is 1.71. The summed E-state index contributed by atoms with van der Waals surface area (Å²) in [6.45, 7) is 1.58. The van der Waals surface area contributed by atoms with Crippen molar-refractivity contribution in [2.24, 2.45) is 0 Å². The molecule has 0 atom stereocenters. The minimum atomic E-state index is -0.287. The maximum Gasteiger partial charge on any atom is 0.251 e. The monoisotopic (exact) mass is 351 g/mol. The van der Waals surface area contributed by atoms with Crippen molar-refractivity contribution in [3.63, 3.8) is 0 Å². The van der Waals surface area contributed by atoms with Crippen LogP contribution in [0.4, 0.5) is 4.39 Å². The summed E-state index contributed by atoms with van der Waals surface area (Å²) in [5.74, 6) is -0.372. The number of carbonyl (C=O) groups excluding carboxylic acids is 1. The van der Waals surface area contributed by atoms with Crippen LogP contribution in [-0.2, 0) is 0 Å². The molecule has 1 N–H and O–H groups in total. The second-order valence-electron chi connectivity index (χ2n) is 6.52. The van der Waals surface area contributed by atoms with Gasteiger partial charge in [0.25, 0.3) is 5.91 Å². The standard InChI is InChI=1S/C21H22FN3O/c1-25(2)12-4-11-23-21(26)16-9-7-15(8-10-16)17-13-18-19(22)5-3-6-20(18)24-14-17/h3,5-10,13-14H,4,11-12H2,1-2H3,(H,23,26). The van der Waals surface area contributed by atoms with Gasteiger partial charge in [-0.05, 0) is 63.0 Å². The summed E-state index contributed by atoms with van der Waals surface area (Å²) in [6, 6.07) is 13.9. The van der Waals surface area contributed by atoms with Gasteiger partial charge in [0.15, 0.2) is 0 Å². The third-order valence-corrected chi connectivity index (χ3v) is 4.22. The van der Waals surface area contributed by atoms with E-state index in [0.717, 1.165) is 24.1 Å². The highest BCUT2D eigenvalue weighted by atomic mass is 19.1. The minimum Gasteiger partial charge on any atom is -0.352 e. The van der Waals surface area contributed by atoms with Crippen molar-refractivity contribution in [1.29, 1.82) is 0 Å². The van der Waals surface area contributed by atoms with Gasteiger partial charge in [-0.2, -0.15) is 0 Å². The molecule has 5 heteroatoms. The average Bonchev–Trinajstić information content (AvgIpc) is 2.65. The molecule has 0 aliphatic rings. The van der Waals surface area contributed by atoms with E-state index in [-0.39, 0.29) is 11.7 Å². The number of fused-ring (bicyclic) bond motifs is 1. The highest BCUT2D eigenvalue weighted by Gasteiger charge is 2.08. The molecule has 0 fully saturated rings. The van der Waals surface area contributed by atoms with Crippen molar-refractivity contribution in [3.8, 4) is 11.1 Å². The number of nitrogens with one attached hydrogen (secondary N) is 1. The third-order valence-electron chi connectivity index (χ3n) is 4.22. The van der Waals surface area contributed by atoms with Crippen LogP contribution in [0, 0.1) is 5.82 Å². The SMILES string of the molecule is CN(C)CCCNC(=O)c1ccc(-c2cnc3cccc(F)c3c2)cc1. The van der Waals surface area contributed by atoms with Crippen LogP contribution in [-0.4, -0.2) is 43.0 Å². The van der Waals surface area contributed by atoms with E-state index in [1.54, 1.807) is 36.5 Å². The molecule has 0 saturated heterocycles. The lowest BCUT2D eigenvalue weighted by atomic mass is 10.0. The van der Waals surface area contributed by atoms with E-state index in [2.05, 4.69) is 15.2 Å². The van der Waals surface area contributed by atoms with Crippen LogP contribution in [0.2, 0.25) is 0 Å². The van der Waals surface area contributed by atoms with Crippen molar-refractivity contribution >= 4 is 16.8 Å². The van der Waals surface area contributed by atoms with Gasteiger partial charge in [-0.15, -0.1) is 0 Å². The first kappa shape index (κ1) is 18.0. The van der Waals surface area contributed by atoms with E-state index in [0.29, 0.717) is 23.0 Å². The van der Waals surface area contributed by atoms with Gasteiger partial charge in [-0.3, -0.25) is 9.78 Å². The molecule has 0 aliphatic carbocycles. The van der Waals surface area contributed by atoms with Crippen molar-refractivity contribution in [2.75, 3.05) is 27.2 Å². The first-order valence-electron chi connectivity index (χ1n) is 8.62. The Hall–Kier alpha value is -2.79. The summed E-state index contributed by atoms with van der Waals surface area (Å²) in [7, 11) is 4.02. The highest BCUT2D eigenvalue weighted by Crippen LogP contribution is 2.24. The van der Waals surface area contributed by atoms with Crippen LogP contribution in [0.5, 0.6) is 0 Å². The summed E-state index contributed by atoms with van der Waals surface area (Å²) in [5, 5.41) is 3.41. The number of halogens is 1. The van der Waals surface area contributed by atoms with Crippen molar-refractivity contribution in [1.82, 2.24) is 15.2 Å². The number of nitrogens with zero attached hydrogens (tertiary/aromatic N) is 2. The maximum absolute atomic E-state index is 14.0. The summed E-state index contributed by atoms with van der Waals surface area (Å²) >= 11 is 0. The van der Waals surface area contributed by atoms with Crippen LogP contribution < -0.4 is 5.32 Å². The van der Waals surface area contributed by atoms with Crippen LogP contribution in [0.25, 0.3) is 22.0 Å². The Morgan fingerprint density at radius 3 is 2.62 bits per heavy atom. The predicted molar refractivity (Wildman–Crippen MR) is 103 cm³/mol. The molecule has 0 saturated carbocycles. The van der Waals surface area contributed by atoms with E-state index in [4.69, 9.17) is 0 Å². The Kier molecular flexibility index (Phi) is 5.58. The lowest BCUT2D eigenvalue weighted by Gasteiger charge is -2.10. The molecule has 3 rings (SSSR count). The van der Waals surface area contributed by atoms with Crippen LogP contribution in [0.3, 0.4) is 0 Å². The molecule has 1 amide bonds. The second-order valence-corrected chi connectivity index (χ2v) is 6.52. The smallest absolute Gasteiger partial charge is 0.251 e. The first-order chi connectivity index (χ1) is 12.5. The number of carbonyl (C=O) groups is 1. The zero-order chi connectivity index (χ0) is 18.5. The van der Waals surface area contributed by atoms with E-state index < -0.39 is 0 Å². The topological polar surface area (TPSA) is 45.2 Å². The first-order valence-corrected chi connectivity index (χ1v) is 8.62. The largest absolute Gasteiger partial charge is 0.352 e. The molecular weight excluding hydrogens is 329 g/mol. The Labute approximate surface area is 152 Å². The fourth-order valence-electron chi connectivity index (χ4n) is 2.78. The average molecular weight is 351 g/mol. The Morgan fingerprint density at radius 2 is 1.88 bits per heavy atom. The summed E-state index contributed by atoms with van der Waals surface area (Å²) in [5.41, 5.74) is 2.95. The van der Waals surface area contributed by atoms with Crippen molar-refractivity contribution in [3.05, 3.63) is 66.1 Å². The van der Waals surface area contributed by atoms with Gasteiger partial charge >= 0.3 is 0 Å². The van der Waals surface area contributed by atoms with Gasteiger partial charge in [0.1, 0.15) is 5.82 Å². The van der Waals surface area contributed by atoms with E-state index >= 15 is 0 Å². The number of benzene rings is 2. The van der Waals surface area contributed by atoms with Gasteiger partial charge in [-0.25, -0.2) is 4.39 Å². The number of amides is 1. The lowest BCUT2D eigenvalue weighted by molar-refractivity contribution is 0.0952. The number of hydrogen-bond acceptors (Lipinski definition) is 3. The molecule has 1 aromatic heterocycles. The second kappa shape index (κ2) is 8.06. The fourth-order valence-corrected chi connectivity index (χ4v) is 2.78. The summed E-state index contributed by atoms with van der Waals surface area (Å²) < 4.78 is 14.0. The fraction of sp³-hybridized carbons (Fsp3) is 0.238. The van der Waals surface area contributed by atoms with Crippen LogP contribution in [0.15, 0.2) is 54.7 Å². The molecular formula is C21H22FN3O. The molecule has 2 aromatic carbocycles. The van der Waals surface area contributed by atoms with Gasteiger partial charge in [-0.1, -0.05) is 18.2 Å². The maximum atomic E-state index is 14.0. The number of aromatic nitrogens is 1. The number of hydrogen-bond donors (Lipinski definition) is 1. The normalized spacial score (nSPS) is 11.1. The van der Waals surface area contributed by atoms with E-state index in [1.807, 2.05) is 26.2 Å². The molecule has 0 aliphatic heterocycles. The van der Waals surface area contributed by atoms with Gasteiger partial charge in [0, 0.05) is 29.3 Å². The summed E-state index contributed by atoms with van der Waals surface area (Å²) in [6.07, 6.45) is 2.63. The van der Waals surface area contributed by atoms with Crippen molar-refractivity contribution in [2.45, 2.75) is 6.42 Å². The molecule has 0 bridgehead atoms. The predicted octanol–water partition coefficient (Wildman–Crippen LogP) is 3.72. The third kappa shape index (κ3) is 4.24. The van der Waals surface area contributed by atoms with Crippen LogP contribution >= 0.6 is 0 Å². The molecule has 0 unspecified atom stereocenters. The minimum absolute atomic E-state index is 0.0852. The Bertz CT molecular complexity index is 907. The molecule has 4 nitrogen and oxygen atoms in total. The van der Waals surface area contributed by atoms with Crippen LogP contribution in [0.1, 0.15) is 16.8 Å². The molecule has 134 valence electrons.